The molecule has 0 saturated carbocycles. The highest BCUT2D eigenvalue weighted by Gasteiger charge is 2.17. The molecule has 1 rings (SSSR count). The number of hydrogen-bond acceptors (Lipinski definition) is 7. The maximum absolute atomic E-state index is 13.0. The normalized spacial score (nSPS) is 13.7. The third-order valence-corrected chi connectivity index (χ3v) is 14.4. The second kappa shape index (κ2) is 56.9. The molecule has 0 atom stereocenters. The van der Waals surface area contributed by atoms with Gasteiger partial charge in [-0.15, -0.1) is 0 Å². The van der Waals surface area contributed by atoms with E-state index in [2.05, 4.69) is 81.2 Å². The van der Waals surface area contributed by atoms with Crippen molar-refractivity contribution in [2.75, 3.05) is 46.1 Å². The van der Waals surface area contributed by atoms with E-state index in [1.807, 2.05) is 0 Å². The molecular weight excluding hydrogens is 891 g/mol. The van der Waals surface area contributed by atoms with Crippen molar-refractivity contribution in [3.8, 4) is 0 Å². The van der Waals surface area contributed by atoms with Gasteiger partial charge in [-0.2, -0.15) is 0 Å². The quantitative estimate of drug-likeness (QED) is 0.0260. The first-order valence-corrected chi connectivity index (χ1v) is 31.6. The first-order valence-electron chi connectivity index (χ1n) is 31.6. The third kappa shape index (κ3) is 49.1. The summed E-state index contributed by atoms with van der Waals surface area (Å²) in [6, 6.07) is 0. The SMILES string of the molecule is CCCCCC/C=C\COC(CCCCCCCCCC(CCCCCCCCCC(OC/C=C\CCCCCC)OC/C=C\CCCCCC)OC(=O)CCCN1CCCC1)OC/C=C\CCCCCC. The Hall–Kier alpha value is -1.77. The predicted molar refractivity (Wildman–Crippen MR) is 311 cm³/mol. The zero-order chi connectivity index (χ0) is 51.7. The van der Waals surface area contributed by atoms with Crippen LogP contribution in [0, 0.1) is 0 Å². The molecule has 7 nitrogen and oxygen atoms in total. The number of carbonyl (C=O) groups excluding carboxylic acids is 1. The molecule has 0 unspecified atom stereocenters. The highest BCUT2D eigenvalue weighted by atomic mass is 16.7. The van der Waals surface area contributed by atoms with Gasteiger partial charge in [0.25, 0.3) is 0 Å². The summed E-state index contributed by atoms with van der Waals surface area (Å²) in [4.78, 5) is 15.5. The van der Waals surface area contributed by atoms with Gasteiger partial charge in [0, 0.05) is 6.42 Å². The number of ether oxygens (including phenoxy) is 5. The number of carbonyl (C=O) groups is 1. The monoisotopic (exact) mass is 1010 g/mol. The number of hydrogen-bond donors (Lipinski definition) is 0. The van der Waals surface area contributed by atoms with E-state index < -0.39 is 0 Å². The molecule has 1 fully saturated rings. The van der Waals surface area contributed by atoms with Gasteiger partial charge >= 0.3 is 5.97 Å². The third-order valence-electron chi connectivity index (χ3n) is 14.4. The summed E-state index contributed by atoms with van der Waals surface area (Å²) in [7, 11) is 0. The van der Waals surface area contributed by atoms with E-state index >= 15 is 0 Å². The Bertz CT molecular complexity index is 1090. The van der Waals surface area contributed by atoms with E-state index in [4.69, 9.17) is 23.7 Å². The lowest BCUT2D eigenvalue weighted by atomic mass is 10.0. The molecular formula is C65H121NO6. The van der Waals surface area contributed by atoms with Gasteiger partial charge in [0.15, 0.2) is 12.6 Å². The molecule has 7 heteroatoms. The number of nitrogens with zero attached hydrogens (tertiary/aromatic N) is 1. The van der Waals surface area contributed by atoms with E-state index in [1.54, 1.807) is 0 Å². The Balaban J connectivity index is 2.44. The maximum Gasteiger partial charge on any atom is 0.306 e. The van der Waals surface area contributed by atoms with Crippen molar-refractivity contribution in [3.05, 3.63) is 48.6 Å². The molecule has 0 N–H and O–H groups in total. The van der Waals surface area contributed by atoms with Gasteiger partial charge in [0.05, 0.1) is 26.4 Å². The average molecular weight is 1010 g/mol. The van der Waals surface area contributed by atoms with Crippen LogP contribution in [0.15, 0.2) is 48.6 Å². The van der Waals surface area contributed by atoms with Gasteiger partial charge in [-0.05, 0) is 142 Å². The van der Waals surface area contributed by atoms with Crippen molar-refractivity contribution in [1.29, 1.82) is 0 Å². The van der Waals surface area contributed by atoms with Crippen LogP contribution in [-0.4, -0.2) is 75.6 Å². The Morgan fingerprint density at radius 2 is 0.681 bits per heavy atom. The van der Waals surface area contributed by atoms with Crippen LogP contribution < -0.4 is 0 Å². The minimum atomic E-state index is -0.131. The van der Waals surface area contributed by atoms with Gasteiger partial charge in [-0.3, -0.25) is 4.79 Å². The van der Waals surface area contributed by atoms with Crippen LogP contribution >= 0.6 is 0 Å². The molecule has 1 heterocycles. The minimum Gasteiger partial charge on any atom is -0.462 e. The van der Waals surface area contributed by atoms with Crippen LogP contribution in [0.2, 0.25) is 0 Å². The van der Waals surface area contributed by atoms with Crippen LogP contribution in [0.5, 0.6) is 0 Å². The molecule has 0 aromatic rings. The number of unbranched alkanes of at least 4 members (excludes halogenated alkanes) is 28. The highest BCUT2D eigenvalue weighted by molar-refractivity contribution is 5.69. The molecule has 0 bridgehead atoms. The molecule has 1 saturated heterocycles. The fraction of sp³-hybridized carbons (Fsp3) is 0.862. The highest BCUT2D eigenvalue weighted by Crippen LogP contribution is 2.20. The van der Waals surface area contributed by atoms with Crippen LogP contribution in [0.25, 0.3) is 0 Å². The van der Waals surface area contributed by atoms with Crippen LogP contribution in [0.1, 0.15) is 297 Å². The van der Waals surface area contributed by atoms with Crippen LogP contribution in [0.3, 0.4) is 0 Å². The molecule has 0 radical (unpaired) electrons. The first kappa shape index (κ1) is 68.2. The second-order valence-corrected chi connectivity index (χ2v) is 21.3. The Morgan fingerprint density at radius 1 is 0.375 bits per heavy atom. The summed E-state index contributed by atoms with van der Waals surface area (Å²) >= 11 is 0. The fourth-order valence-electron chi connectivity index (χ4n) is 9.67. The summed E-state index contributed by atoms with van der Waals surface area (Å²) < 4.78 is 31.0. The fourth-order valence-corrected chi connectivity index (χ4v) is 9.67. The van der Waals surface area contributed by atoms with E-state index in [0.29, 0.717) is 32.8 Å². The number of likely N-dealkylation sites (tertiary alicyclic amines) is 1. The topological polar surface area (TPSA) is 66.5 Å². The summed E-state index contributed by atoms with van der Waals surface area (Å²) in [6.07, 6.45) is 68.1. The zero-order valence-electron chi connectivity index (χ0n) is 48.4. The van der Waals surface area contributed by atoms with Crippen molar-refractivity contribution in [2.24, 2.45) is 0 Å². The molecule has 1 aliphatic rings. The summed E-state index contributed by atoms with van der Waals surface area (Å²) in [6.45, 7) is 15.0. The van der Waals surface area contributed by atoms with Gasteiger partial charge < -0.3 is 28.6 Å². The molecule has 1 aliphatic heterocycles. The molecule has 0 spiro atoms. The first-order chi connectivity index (χ1) is 35.6. The lowest BCUT2D eigenvalue weighted by molar-refractivity contribution is -0.150. The smallest absolute Gasteiger partial charge is 0.306 e. The van der Waals surface area contributed by atoms with Crippen molar-refractivity contribution >= 4 is 5.97 Å². The van der Waals surface area contributed by atoms with Crippen molar-refractivity contribution < 1.29 is 28.5 Å². The van der Waals surface area contributed by atoms with Gasteiger partial charge in [0.1, 0.15) is 6.10 Å². The largest absolute Gasteiger partial charge is 0.462 e. The van der Waals surface area contributed by atoms with Crippen LogP contribution in [-0.2, 0) is 28.5 Å². The summed E-state index contributed by atoms with van der Waals surface area (Å²) in [5.74, 6) is 0.0189. The Labute approximate surface area is 448 Å². The number of esters is 1. The van der Waals surface area contributed by atoms with Crippen molar-refractivity contribution in [1.82, 2.24) is 4.90 Å². The number of allylic oxidation sites excluding steroid dienone is 4. The van der Waals surface area contributed by atoms with Crippen molar-refractivity contribution in [2.45, 2.75) is 316 Å². The number of rotatable bonds is 57. The molecule has 0 amide bonds. The Kier molecular flexibility index (Phi) is 54.0. The lowest BCUT2D eigenvalue weighted by Gasteiger charge is -2.19. The average Bonchev–Trinajstić information content (AvgIpc) is 3.91. The van der Waals surface area contributed by atoms with E-state index in [9.17, 15) is 4.79 Å². The predicted octanol–water partition coefficient (Wildman–Crippen LogP) is 19.6. The minimum absolute atomic E-state index is 0.0189. The van der Waals surface area contributed by atoms with Gasteiger partial charge in [0.2, 0.25) is 0 Å². The van der Waals surface area contributed by atoms with E-state index in [0.717, 1.165) is 90.0 Å². The molecule has 422 valence electrons. The summed E-state index contributed by atoms with van der Waals surface area (Å²) in [5, 5.41) is 0. The standard InChI is InChI=1S/C65H121NO6/c1-5-9-13-17-27-35-45-58-68-64(69-59-46-36-28-18-14-10-6-2)53-41-33-25-21-23-31-39-50-62(72-63(67)52-49-57-66-55-43-44-56-66)51-40-32-24-22-26-34-42-54-65(70-60-47-37-29-19-15-11-7-3)71-61-48-38-30-20-16-12-8-4/h35-38,45-48,62,64-65H,5-34,39-44,49-61H2,1-4H3/b45-35-,46-36-,47-37-,48-38-. The molecule has 0 aliphatic carbocycles. The van der Waals surface area contributed by atoms with Gasteiger partial charge in [-0.25, -0.2) is 0 Å². The lowest BCUT2D eigenvalue weighted by Crippen LogP contribution is -2.23. The summed E-state index contributed by atoms with van der Waals surface area (Å²) in [5.41, 5.74) is 0. The maximum atomic E-state index is 13.0. The molecule has 0 aromatic carbocycles. The molecule has 72 heavy (non-hydrogen) atoms. The zero-order valence-corrected chi connectivity index (χ0v) is 48.4. The van der Waals surface area contributed by atoms with Crippen molar-refractivity contribution in [3.63, 3.8) is 0 Å². The Morgan fingerprint density at radius 3 is 1.01 bits per heavy atom. The second-order valence-electron chi connectivity index (χ2n) is 21.3. The van der Waals surface area contributed by atoms with Crippen LogP contribution in [0.4, 0.5) is 0 Å². The van der Waals surface area contributed by atoms with E-state index in [1.165, 1.54) is 193 Å². The molecule has 0 aromatic heterocycles. The van der Waals surface area contributed by atoms with E-state index in [-0.39, 0.29) is 24.7 Å². The van der Waals surface area contributed by atoms with Gasteiger partial charge in [-0.1, -0.05) is 218 Å².